The highest BCUT2D eigenvalue weighted by molar-refractivity contribution is 7.13. The number of thiazole rings is 1. The van der Waals surface area contributed by atoms with Gasteiger partial charge >= 0.3 is 0 Å². The van der Waals surface area contributed by atoms with Crippen molar-refractivity contribution in [1.82, 2.24) is 19.9 Å². The van der Waals surface area contributed by atoms with Crippen LogP contribution in [0.2, 0.25) is 0 Å². The molecule has 0 fully saturated rings. The summed E-state index contributed by atoms with van der Waals surface area (Å²) in [7, 11) is 0. The molecule has 0 saturated carbocycles. The molecule has 4 rings (SSSR count). The summed E-state index contributed by atoms with van der Waals surface area (Å²) < 4.78 is 0. The number of aryl methyl sites for hydroxylation is 1. The first-order valence-electron chi connectivity index (χ1n) is 7.63. The van der Waals surface area contributed by atoms with Gasteiger partial charge in [-0.15, -0.1) is 11.3 Å². The van der Waals surface area contributed by atoms with E-state index >= 15 is 0 Å². The normalized spacial score (nSPS) is 10.9. The van der Waals surface area contributed by atoms with Crippen LogP contribution in [0.5, 0.6) is 0 Å². The number of anilines is 1. The molecule has 3 aromatic heterocycles. The number of aromatic nitrogens is 4. The van der Waals surface area contributed by atoms with Gasteiger partial charge in [-0.3, -0.25) is 4.98 Å². The average molecular weight is 333 g/mol. The molecule has 0 unspecified atom stereocenters. The van der Waals surface area contributed by atoms with Crippen molar-refractivity contribution in [3.63, 3.8) is 0 Å². The Morgan fingerprint density at radius 3 is 2.54 bits per heavy atom. The fraction of sp³-hybridized carbons (Fsp3) is 0.111. The maximum atomic E-state index is 4.64. The van der Waals surface area contributed by atoms with E-state index in [4.69, 9.17) is 0 Å². The van der Waals surface area contributed by atoms with Crippen LogP contribution in [0, 0.1) is 6.92 Å². The molecule has 0 bridgehead atoms. The zero-order chi connectivity index (χ0) is 16.4. The van der Waals surface area contributed by atoms with Gasteiger partial charge in [0.1, 0.15) is 10.8 Å². The Bertz CT molecular complexity index is 981. The maximum Gasteiger partial charge on any atom is 0.148 e. The number of hydrogen-bond donors (Lipinski definition) is 1. The highest BCUT2D eigenvalue weighted by Gasteiger charge is 2.08. The Morgan fingerprint density at radius 1 is 0.958 bits per heavy atom. The second-order valence-electron chi connectivity index (χ2n) is 5.36. The zero-order valence-electron chi connectivity index (χ0n) is 13.1. The fourth-order valence-corrected chi connectivity index (χ4v) is 3.22. The van der Waals surface area contributed by atoms with Crippen LogP contribution in [0.25, 0.3) is 21.7 Å². The first kappa shape index (κ1) is 14.7. The van der Waals surface area contributed by atoms with Crippen molar-refractivity contribution in [1.29, 1.82) is 0 Å². The van der Waals surface area contributed by atoms with Gasteiger partial charge in [0.2, 0.25) is 0 Å². The van der Waals surface area contributed by atoms with E-state index in [0.29, 0.717) is 6.54 Å². The van der Waals surface area contributed by atoms with Crippen LogP contribution < -0.4 is 5.32 Å². The predicted octanol–water partition coefficient (Wildman–Crippen LogP) is 4.07. The summed E-state index contributed by atoms with van der Waals surface area (Å²) in [6.45, 7) is 2.57. The van der Waals surface area contributed by atoms with E-state index in [0.717, 1.165) is 38.9 Å². The smallest absolute Gasteiger partial charge is 0.148 e. The Balaban J connectivity index is 1.53. The van der Waals surface area contributed by atoms with Gasteiger partial charge < -0.3 is 5.32 Å². The van der Waals surface area contributed by atoms with E-state index in [1.54, 1.807) is 17.5 Å². The number of nitrogens with zero attached hydrogens (tertiary/aromatic N) is 4. The van der Waals surface area contributed by atoms with Crippen LogP contribution in [0.1, 0.15) is 11.4 Å². The summed E-state index contributed by atoms with van der Waals surface area (Å²) in [6, 6.07) is 13.7. The fourth-order valence-electron chi connectivity index (χ4n) is 2.43. The third-order valence-electron chi connectivity index (χ3n) is 3.62. The highest BCUT2D eigenvalue weighted by Crippen LogP contribution is 2.22. The third kappa shape index (κ3) is 2.96. The van der Waals surface area contributed by atoms with Gasteiger partial charge in [-0.2, -0.15) is 0 Å². The molecule has 6 heteroatoms. The Hall–Kier alpha value is -2.86. The van der Waals surface area contributed by atoms with Crippen molar-refractivity contribution in [3.8, 4) is 10.7 Å². The van der Waals surface area contributed by atoms with Gasteiger partial charge in [-0.05, 0) is 31.2 Å². The molecule has 3 heterocycles. The van der Waals surface area contributed by atoms with E-state index in [1.807, 2.05) is 54.8 Å². The quantitative estimate of drug-likeness (QED) is 0.610. The summed E-state index contributed by atoms with van der Waals surface area (Å²) in [4.78, 5) is 18.2. The molecule has 0 atom stereocenters. The molecule has 0 radical (unpaired) electrons. The van der Waals surface area contributed by atoms with E-state index < -0.39 is 0 Å². The van der Waals surface area contributed by atoms with Gasteiger partial charge in [-0.25, -0.2) is 15.0 Å². The Labute approximate surface area is 143 Å². The SMILES string of the molecule is Cc1nc2ccccc2nc1NCc1csc(-c2ccccn2)n1. The molecule has 5 nitrogen and oxygen atoms in total. The Kier molecular flexibility index (Phi) is 3.88. The van der Waals surface area contributed by atoms with Crippen molar-refractivity contribution < 1.29 is 0 Å². The van der Waals surface area contributed by atoms with Crippen LogP contribution in [0.3, 0.4) is 0 Å². The largest absolute Gasteiger partial charge is 0.363 e. The number of nitrogens with one attached hydrogen (secondary N) is 1. The minimum atomic E-state index is 0.608. The van der Waals surface area contributed by atoms with Crippen molar-refractivity contribution in [2.45, 2.75) is 13.5 Å². The van der Waals surface area contributed by atoms with Crippen LogP contribution in [-0.4, -0.2) is 19.9 Å². The predicted molar refractivity (Wildman–Crippen MR) is 96.9 cm³/mol. The van der Waals surface area contributed by atoms with Gasteiger partial charge in [0.25, 0.3) is 0 Å². The van der Waals surface area contributed by atoms with Crippen LogP contribution >= 0.6 is 11.3 Å². The second-order valence-corrected chi connectivity index (χ2v) is 6.22. The van der Waals surface area contributed by atoms with Gasteiger partial charge in [0.05, 0.1) is 34.7 Å². The molecule has 0 aliphatic rings. The molecule has 0 aliphatic heterocycles. The number of rotatable bonds is 4. The molecule has 1 aromatic carbocycles. The van der Waals surface area contributed by atoms with Gasteiger partial charge in [-0.1, -0.05) is 18.2 Å². The lowest BCUT2D eigenvalue weighted by atomic mass is 10.3. The van der Waals surface area contributed by atoms with Crippen LogP contribution in [0.15, 0.2) is 54.0 Å². The summed E-state index contributed by atoms with van der Waals surface area (Å²) in [5, 5.41) is 6.30. The van der Waals surface area contributed by atoms with Gasteiger partial charge in [0.15, 0.2) is 0 Å². The maximum absolute atomic E-state index is 4.64. The molecule has 0 amide bonds. The lowest BCUT2D eigenvalue weighted by Gasteiger charge is -2.08. The lowest BCUT2D eigenvalue weighted by molar-refractivity contribution is 1.04. The minimum absolute atomic E-state index is 0.608. The highest BCUT2D eigenvalue weighted by atomic mass is 32.1. The summed E-state index contributed by atoms with van der Waals surface area (Å²) >= 11 is 1.59. The summed E-state index contributed by atoms with van der Waals surface area (Å²) in [6.07, 6.45) is 1.78. The van der Waals surface area contributed by atoms with Gasteiger partial charge in [0, 0.05) is 11.6 Å². The van der Waals surface area contributed by atoms with Crippen LogP contribution in [-0.2, 0) is 6.54 Å². The molecule has 0 saturated heterocycles. The van der Waals surface area contributed by atoms with Crippen LogP contribution in [0.4, 0.5) is 5.82 Å². The average Bonchev–Trinajstić information content (AvgIpc) is 3.10. The molecule has 24 heavy (non-hydrogen) atoms. The number of fused-ring (bicyclic) bond motifs is 1. The van der Waals surface area contributed by atoms with E-state index in [-0.39, 0.29) is 0 Å². The minimum Gasteiger partial charge on any atom is -0.363 e. The molecular weight excluding hydrogens is 318 g/mol. The van der Waals surface area contributed by atoms with E-state index in [1.165, 1.54) is 0 Å². The third-order valence-corrected chi connectivity index (χ3v) is 4.53. The molecule has 0 spiro atoms. The Morgan fingerprint density at radius 2 is 1.75 bits per heavy atom. The number of benzene rings is 1. The lowest BCUT2D eigenvalue weighted by Crippen LogP contribution is -2.05. The number of para-hydroxylation sites is 2. The standard InChI is InChI=1S/C18H15N5S/c1-12-17(23-15-7-3-2-6-14(15)21-12)20-10-13-11-24-18(22-13)16-8-4-5-9-19-16/h2-9,11H,10H2,1H3,(H,20,23). The van der Waals surface area contributed by atoms with Crippen molar-refractivity contribution in [3.05, 3.63) is 65.4 Å². The van der Waals surface area contributed by atoms with E-state index in [9.17, 15) is 0 Å². The number of hydrogen-bond acceptors (Lipinski definition) is 6. The summed E-state index contributed by atoms with van der Waals surface area (Å²) in [5.74, 6) is 0.793. The van der Waals surface area contributed by atoms with Crippen molar-refractivity contribution >= 4 is 28.2 Å². The first-order valence-corrected chi connectivity index (χ1v) is 8.50. The topological polar surface area (TPSA) is 63.6 Å². The van der Waals surface area contributed by atoms with Crippen molar-refractivity contribution in [2.24, 2.45) is 0 Å². The monoisotopic (exact) mass is 333 g/mol. The molecule has 118 valence electrons. The number of pyridine rings is 1. The molecular formula is C18H15N5S. The molecule has 1 N–H and O–H groups in total. The second kappa shape index (κ2) is 6.33. The molecule has 0 aliphatic carbocycles. The molecule has 4 aromatic rings. The zero-order valence-corrected chi connectivity index (χ0v) is 13.9. The van der Waals surface area contributed by atoms with Crippen molar-refractivity contribution in [2.75, 3.05) is 5.32 Å². The summed E-state index contributed by atoms with van der Waals surface area (Å²) in [5.41, 5.74) is 4.55. The first-order chi connectivity index (χ1) is 11.8. The van der Waals surface area contributed by atoms with E-state index in [2.05, 4.69) is 25.3 Å².